The Morgan fingerprint density at radius 3 is 1.98 bits per heavy atom. The van der Waals surface area contributed by atoms with E-state index in [9.17, 15) is 22.8 Å². The Morgan fingerprint density at radius 1 is 0.881 bits per heavy atom. The van der Waals surface area contributed by atoms with E-state index in [1.165, 1.54) is 6.08 Å². The zero-order chi connectivity index (χ0) is 30.1. The van der Waals surface area contributed by atoms with E-state index in [2.05, 4.69) is 17.4 Å². The number of carbonyl (C=O) groups excluding carboxylic acids is 3. The monoisotopic (exact) mass is 584 g/mol. The molecule has 4 rings (SSSR count). The molecule has 7 nitrogen and oxygen atoms in total. The van der Waals surface area contributed by atoms with Crippen molar-refractivity contribution in [3.05, 3.63) is 118 Å². The highest BCUT2D eigenvalue weighted by Gasteiger charge is 2.28. The van der Waals surface area contributed by atoms with Crippen LogP contribution in [-0.4, -0.2) is 48.9 Å². The minimum Gasteiger partial charge on any atom is -0.334 e. The van der Waals surface area contributed by atoms with Crippen molar-refractivity contribution >= 4 is 32.8 Å². The molecule has 8 heteroatoms. The van der Waals surface area contributed by atoms with Gasteiger partial charge in [-0.3, -0.25) is 14.4 Å². The second-order valence-electron chi connectivity index (χ2n) is 10.7. The van der Waals surface area contributed by atoms with Crippen molar-refractivity contribution in [2.24, 2.45) is 0 Å². The molecule has 0 atom stereocenters. The van der Waals surface area contributed by atoms with Crippen molar-refractivity contribution in [3.8, 4) is 0 Å². The number of aryl methyl sites for hydroxylation is 2. The number of nitrogens with one attached hydrogen (secondary N) is 1. The number of rotatable bonds is 9. The second kappa shape index (κ2) is 14.5. The minimum atomic E-state index is -2.27. The van der Waals surface area contributed by atoms with E-state index in [-0.39, 0.29) is 54.8 Å². The lowest BCUT2D eigenvalue weighted by molar-refractivity contribution is -0.131. The fraction of sp³-hybridized carbons (Fsp3) is 0.294. The maximum absolute atomic E-state index is 13.4. The summed E-state index contributed by atoms with van der Waals surface area (Å²) in [5.74, 6) is -0.363. The van der Waals surface area contributed by atoms with Crippen LogP contribution in [0.3, 0.4) is 0 Å². The average Bonchev–Trinajstić information content (AvgIpc) is 2.96. The number of amides is 2. The summed E-state index contributed by atoms with van der Waals surface area (Å²) in [5, 5.41) is 2.76. The first-order valence-electron chi connectivity index (χ1n) is 14.1. The lowest BCUT2D eigenvalue weighted by atomic mass is 9.93. The number of Topliss-reactive ketones (excluding diaryl/α,β-unsaturated/α-hetero) is 1. The normalized spacial score (nSPS) is 17.0. The molecule has 0 unspecified atom stereocenters. The van der Waals surface area contributed by atoms with Crippen molar-refractivity contribution in [3.63, 3.8) is 0 Å². The Hall–Kier alpha value is -4.30. The number of likely N-dealkylation sites (tertiary alicyclic amines) is 1. The van der Waals surface area contributed by atoms with Gasteiger partial charge in [-0.2, -0.15) is 8.42 Å². The number of hydrogen-bond donors (Lipinski definition) is 1. The Labute approximate surface area is 248 Å². The van der Waals surface area contributed by atoms with Crippen LogP contribution in [0.15, 0.2) is 95.8 Å². The Morgan fingerprint density at radius 2 is 1.48 bits per heavy atom. The van der Waals surface area contributed by atoms with Gasteiger partial charge < -0.3 is 10.2 Å². The molecule has 0 bridgehead atoms. The molecule has 1 N–H and O–H groups in total. The summed E-state index contributed by atoms with van der Waals surface area (Å²) in [5.41, 5.74) is 6.27. The van der Waals surface area contributed by atoms with Crippen LogP contribution >= 0.6 is 0 Å². The van der Waals surface area contributed by atoms with Gasteiger partial charge in [-0.15, -0.1) is 0 Å². The Bertz CT molecular complexity index is 1570. The van der Waals surface area contributed by atoms with E-state index in [0.29, 0.717) is 36.1 Å². The SMILES string of the molecule is Cc1cccc(C/C=C2\CN(C(=O)CCCC(=O)NC3=CCC(=S(=O)=O)C=C3)C/C(=C\Cc3cccc(C)c3)C2=O)c1. The third-order valence-corrected chi connectivity index (χ3v) is 7.99. The van der Waals surface area contributed by atoms with Crippen molar-refractivity contribution in [1.82, 2.24) is 10.2 Å². The number of allylic oxidation sites excluding steroid dienone is 5. The zero-order valence-corrected chi connectivity index (χ0v) is 24.9. The van der Waals surface area contributed by atoms with Crippen molar-refractivity contribution in [2.45, 2.75) is 52.4 Å². The summed E-state index contributed by atoms with van der Waals surface area (Å²) in [6, 6.07) is 16.3. The molecule has 2 aliphatic rings. The molecule has 218 valence electrons. The van der Waals surface area contributed by atoms with E-state index in [1.807, 2.05) is 62.4 Å². The molecule has 1 heterocycles. The summed E-state index contributed by atoms with van der Waals surface area (Å²) in [6.07, 6.45) is 10.7. The van der Waals surface area contributed by atoms with Gasteiger partial charge >= 0.3 is 0 Å². The van der Waals surface area contributed by atoms with Crippen LogP contribution < -0.4 is 5.32 Å². The number of carbonyl (C=O) groups is 3. The van der Waals surface area contributed by atoms with Crippen LogP contribution in [0.4, 0.5) is 0 Å². The molecule has 2 aromatic rings. The third kappa shape index (κ3) is 8.85. The molecular formula is C34H36N2O5S. The van der Waals surface area contributed by atoms with Crippen LogP contribution in [0, 0.1) is 13.8 Å². The Kier molecular flexibility index (Phi) is 10.6. The van der Waals surface area contributed by atoms with Crippen LogP contribution in [0.1, 0.15) is 47.9 Å². The number of ketones is 1. The van der Waals surface area contributed by atoms with Gasteiger partial charge in [0.1, 0.15) is 0 Å². The van der Waals surface area contributed by atoms with E-state index >= 15 is 0 Å². The average molecular weight is 585 g/mol. The van der Waals surface area contributed by atoms with Gasteiger partial charge in [0.25, 0.3) is 0 Å². The maximum atomic E-state index is 13.4. The maximum Gasteiger partial charge on any atom is 0.224 e. The number of benzene rings is 2. The molecule has 1 aliphatic carbocycles. The van der Waals surface area contributed by atoms with Crippen LogP contribution in [-0.2, 0) is 37.5 Å². The van der Waals surface area contributed by atoms with E-state index in [1.54, 1.807) is 17.1 Å². The second-order valence-corrected chi connectivity index (χ2v) is 11.7. The van der Waals surface area contributed by atoms with Gasteiger partial charge in [0.15, 0.2) is 5.78 Å². The first-order chi connectivity index (χ1) is 20.2. The molecule has 2 aromatic carbocycles. The summed E-state index contributed by atoms with van der Waals surface area (Å²) in [6.45, 7) is 4.55. The summed E-state index contributed by atoms with van der Waals surface area (Å²) in [7, 11) is -2.27. The quantitative estimate of drug-likeness (QED) is 0.345. The molecule has 0 radical (unpaired) electrons. The highest BCUT2D eigenvalue weighted by molar-refractivity contribution is 7.73. The standard InChI is InChI=1S/C34H36N2O5S/c1-24-6-3-8-26(20-24)12-14-28-22-36(23-29(34(28)39)15-13-27-9-4-7-25(2)21-27)33(38)11-5-10-32(37)35-30-16-18-31(19-17-30)42(40)41/h3-4,6-9,14-18,20-21H,5,10-13,19,22-23H2,1-2H3,(H,35,37)/b28-14+,29-15+. The minimum absolute atomic E-state index is 0.0197. The molecule has 2 amide bonds. The van der Waals surface area contributed by atoms with Gasteiger partial charge in [0.2, 0.25) is 22.1 Å². The van der Waals surface area contributed by atoms with E-state index in [4.69, 9.17) is 0 Å². The summed E-state index contributed by atoms with van der Waals surface area (Å²) >= 11 is 0. The summed E-state index contributed by atoms with van der Waals surface area (Å²) < 4.78 is 22.1. The highest BCUT2D eigenvalue weighted by atomic mass is 32.2. The fourth-order valence-electron chi connectivity index (χ4n) is 5.00. The zero-order valence-electron chi connectivity index (χ0n) is 24.1. The van der Waals surface area contributed by atoms with Gasteiger partial charge in [-0.25, -0.2) is 0 Å². The number of hydrogen-bond acceptors (Lipinski definition) is 5. The van der Waals surface area contributed by atoms with Crippen molar-refractivity contribution < 1.29 is 22.8 Å². The van der Waals surface area contributed by atoms with Crippen LogP contribution in [0.5, 0.6) is 0 Å². The predicted molar refractivity (Wildman–Crippen MR) is 165 cm³/mol. The van der Waals surface area contributed by atoms with Crippen LogP contribution in [0.25, 0.3) is 0 Å². The molecule has 1 saturated heterocycles. The van der Waals surface area contributed by atoms with Gasteiger partial charge in [-0.1, -0.05) is 77.9 Å². The summed E-state index contributed by atoms with van der Waals surface area (Å²) in [4.78, 5) is 41.1. The Balaban J connectivity index is 1.40. The smallest absolute Gasteiger partial charge is 0.224 e. The lowest BCUT2D eigenvalue weighted by Crippen LogP contribution is -2.41. The number of nitrogens with zero attached hydrogens (tertiary/aromatic N) is 1. The molecule has 0 aromatic heterocycles. The number of piperidine rings is 1. The molecule has 1 aliphatic heterocycles. The third-order valence-electron chi connectivity index (χ3n) is 7.26. The first kappa shape index (κ1) is 30.7. The van der Waals surface area contributed by atoms with Gasteiger partial charge in [0.05, 0.1) is 4.86 Å². The molecule has 0 spiro atoms. The largest absolute Gasteiger partial charge is 0.334 e. The van der Waals surface area contributed by atoms with Crippen molar-refractivity contribution in [1.29, 1.82) is 0 Å². The topological polar surface area (TPSA) is 101 Å². The van der Waals surface area contributed by atoms with E-state index in [0.717, 1.165) is 22.3 Å². The molecule has 1 fully saturated rings. The highest BCUT2D eigenvalue weighted by Crippen LogP contribution is 2.21. The van der Waals surface area contributed by atoms with Crippen LogP contribution in [0.2, 0.25) is 0 Å². The van der Waals surface area contributed by atoms with Gasteiger partial charge in [-0.05, 0) is 56.4 Å². The molecule has 42 heavy (non-hydrogen) atoms. The fourth-order valence-corrected chi connectivity index (χ4v) is 5.39. The first-order valence-corrected chi connectivity index (χ1v) is 15.2. The van der Waals surface area contributed by atoms with Crippen molar-refractivity contribution in [2.75, 3.05) is 13.1 Å². The van der Waals surface area contributed by atoms with Gasteiger partial charge in [0, 0.05) is 49.2 Å². The van der Waals surface area contributed by atoms with E-state index < -0.39 is 10.3 Å². The lowest BCUT2D eigenvalue weighted by Gasteiger charge is -2.30. The predicted octanol–water partition coefficient (Wildman–Crippen LogP) is 4.53. The molecule has 0 saturated carbocycles. The molecular weight excluding hydrogens is 548 g/mol.